The Morgan fingerprint density at radius 2 is 1.65 bits per heavy atom. The van der Waals surface area contributed by atoms with Gasteiger partial charge >= 0.3 is 5.97 Å². The summed E-state index contributed by atoms with van der Waals surface area (Å²) in [4.78, 5) is 35.2. The number of rotatable bonds is 7. The van der Waals surface area contributed by atoms with Crippen LogP contribution < -0.4 is 5.73 Å². The average molecular weight is 244 g/mol. The molecule has 0 aromatic carbocycles. The van der Waals surface area contributed by atoms with Crippen molar-refractivity contribution >= 4 is 17.8 Å². The summed E-state index contributed by atoms with van der Waals surface area (Å²) in [6, 6.07) is -1.10. The molecule has 2 amide bonds. The number of carboxylic acids is 1. The number of amides is 2. The lowest BCUT2D eigenvalue weighted by Crippen LogP contribution is -2.48. The predicted octanol–water partition coefficient (Wildman–Crippen LogP) is 0.354. The molecule has 6 heteroatoms. The van der Waals surface area contributed by atoms with Gasteiger partial charge in [0.1, 0.15) is 6.04 Å². The van der Waals surface area contributed by atoms with Gasteiger partial charge in [0, 0.05) is 12.8 Å². The normalized spacial score (nSPS) is 11.9. The molecule has 0 fully saturated rings. The number of aliphatic carboxylic acids is 1. The Morgan fingerprint density at radius 1 is 1.18 bits per heavy atom. The molecule has 0 aliphatic carbocycles. The van der Waals surface area contributed by atoms with Gasteiger partial charge in [0.05, 0.1) is 0 Å². The highest BCUT2D eigenvalue weighted by Crippen LogP contribution is 2.11. The van der Waals surface area contributed by atoms with Gasteiger partial charge in [-0.2, -0.15) is 0 Å². The Labute approximate surface area is 101 Å². The number of carbonyl (C=O) groups is 3. The van der Waals surface area contributed by atoms with E-state index in [1.165, 1.54) is 0 Å². The van der Waals surface area contributed by atoms with Gasteiger partial charge in [-0.3, -0.25) is 14.5 Å². The highest BCUT2D eigenvalue weighted by Gasteiger charge is 2.32. The van der Waals surface area contributed by atoms with E-state index in [2.05, 4.69) is 0 Å². The van der Waals surface area contributed by atoms with Gasteiger partial charge in [0.2, 0.25) is 11.8 Å². The second-order valence-corrected chi connectivity index (χ2v) is 3.65. The van der Waals surface area contributed by atoms with E-state index in [-0.39, 0.29) is 19.3 Å². The molecule has 0 radical (unpaired) electrons. The molecule has 0 saturated carbocycles. The van der Waals surface area contributed by atoms with Crippen molar-refractivity contribution < 1.29 is 19.5 Å². The molecule has 1 atom stereocenters. The molecule has 0 aliphatic rings. The maximum atomic E-state index is 11.6. The number of carboxylic acid groups (broad SMARTS) is 1. The van der Waals surface area contributed by atoms with E-state index in [0.717, 1.165) is 4.90 Å². The molecule has 0 aliphatic heterocycles. The molecule has 0 unspecified atom stereocenters. The second-order valence-electron chi connectivity index (χ2n) is 3.65. The first-order valence-corrected chi connectivity index (χ1v) is 5.77. The van der Waals surface area contributed by atoms with Gasteiger partial charge in [-0.05, 0) is 19.4 Å². The average Bonchev–Trinajstić information content (AvgIpc) is 2.32. The number of hydrogen-bond acceptors (Lipinski definition) is 4. The van der Waals surface area contributed by atoms with Crippen LogP contribution in [-0.4, -0.2) is 40.4 Å². The van der Waals surface area contributed by atoms with Gasteiger partial charge in [-0.25, -0.2) is 4.79 Å². The summed E-state index contributed by atoms with van der Waals surface area (Å²) < 4.78 is 0. The van der Waals surface area contributed by atoms with Crippen LogP contribution in [0.5, 0.6) is 0 Å². The highest BCUT2D eigenvalue weighted by atomic mass is 16.4. The van der Waals surface area contributed by atoms with Crippen molar-refractivity contribution in [3.8, 4) is 0 Å². The Bertz CT molecular complexity index is 275. The van der Waals surface area contributed by atoms with E-state index in [1.807, 2.05) is 0 Å². The Balaban J connectivity index is 4.99. The molecular weight excluding hydrogens is 224 g/mol. The van der Waals surface area contributed by atoms with Crippen LogP contribution in [-0.2, 0) is 14.4 Å². The van der Waals surface area contributed by atoms with E-state index in [1.54, 1.807) is 13.8 Å². The third kappa shape index (κ3) is 4.52. The third-order valence-corrected chi connectivity index (χ3v) is 2.42. The van der Waals surface area contributed by atoms with Crippen LogP contribution in [0.3, 0.4) is 0 Å². The Hall–Kier alpha value is -1.43. The Kier molecular flexibility index (Phi) is 7.13. The van der Waals surface area contributed by atoms with Crippen molar-refractivity contribution in [1.29, 1.82) is 0 Å². The van der Waals surface area contributed by atoms with Crippen molar-refractivity contribution in [2.75, 3.05) is 6.54 Å². The van der Waals surface area contributed by atoms with Crippen molar-refractivity contribution in [2.45, 2.75) is 45.6 Å². The van der Waals surface area contributed by atoms with Gasteiger partial charge in [0.15, 0.2) is 0 Å². The summed E-state index contributed by atoms with van der Waals surface area (Å²) in [5.41, 5.74) is 5.31. The summed E-state index contributed by atoms with van der Waals surface area (Å²) in [6.07, 6.45) is 0.876. The summed E-state index contributed by atoms with van der Waals surface area (Å²) >= 11 is 0. The molecule has 0 saturated heterocycles. The summed E-state index contributed by atoms with van der Waals surface area (Å²) in [5, 5.41) is 9.07. The minimum Gasteiger partial charge on any atom is -0.480 e. The fraction of sp³-hybridized carbons (Fsp3) is 0.727. The van der Waals surface area contributed by atoms with Crippen LogP contribution in [0.25, 0.3) is 0 Å². The zero-order valence-electron chi connectivity index (χ0n) is 10.3. The fourth-order valence-corrected chi connectivity index (χ4v) is 1.50. The van der Waals surface area contributed by atoms with Gasteiger partial charge in [0.25, 0.3) is 0 Å². The molecule has 98 valence electrons. The van der Waals surface area contributed by atoms with Crippen LogP contribution in [0.4, 0.5) is 0 Å². The summed E-state index contributed by atoms with van der Waals surface area (Å²) in [7, 11) is 0. The number of imide groups is 1. The first kappa shape index (κ1) is 15.6. The molecule has 0 spiro atoms. The van der Waals surface area contributed by atoms with E-state index in [9.17, 15) is 14.4 Å². The zero-order chi connectivity index (χ0) is 13.4. The van der Waals surface area contributed by atoms with Gasteiger partial charge < -0.3 is 10.8 Å². The molecule has 17 heavy (non-hydrogen) atoms. The van der Waals surface area contributed by atoms with E-state index in [4.69, 9.17) is 10.8 Å². The number of nitrogens with two attached hydrogens (primary N) is 1. The second kappa shape index (κ2) is 7.78. The van der Waals surface area contributed by atoms with Crippen LogP contribution >= 0.6 is 0 Å². The first-order valence-electron chi connectivity index (χ1n) is 5.77. The minimum absolute atomic E-state index is 0.109. The first-order chi connectivity index (χ1) is 7.99. The van der Waals surface area contributed by atoms with E-state index in [0.29, 0.717) is 13.0 Å². The van der Waals surface area contributed by atoms with Gasteiger partial charge in [-0.15, -0.1) is 0 Å². The number of nitrogens with zero attached hydrogens (tertiary/aromatic N) is 1. The van der Waals surface area contributed by atoms with Crippen LogP contribution in [0, 0.1) is 0 Å². The molecule has 6 nitrogen and oxygen atoms in total. The predicted molar refractivity (Wildman–Crippen MR) is 62.1 cm³/mol. The molecule has 0 aromatic heterocycles. The quantitative estimate of drug-likeness (QED) is 0.673. The molecule has 0 heterocycles. The molecule has 0 aromatic rings. The van der Waals surface area contributed by atoms with Crippen LogP contribution in [0.1, 0.15) is 39.5 Å². The largest absolute Gasteiger partial charge is 0.480 e. The van der Waals surface area contributed by atoms with Crippen molar-refractivity contribution in [3.63, 3.8) is 0 Å². The molecule has 0 rings (SSSR count). The van der Waals surface area contributed by atoms with E-state index < -0.39 is 23.8 Å². The van der Waals surface area contributed by atoms with Crippen LogP contribution in [0.2, 0.25) is 0 Å². The Morgan fingerprint density at radius 3 is 1.94 bits per heavy atom. The third-order valence-electron chi connectivity index (χ3n) is 2.42. The lowest BCUT2D eigenvalue weighted by atomic mass is 10.1. The van der Waals surface area contributed by atoms with Crippen molar-refractivity contribution in [1.82, 2.24) is 4.90 Å². The number of hydrogen-bond donors (Lipinski definition) is 2. The minimum atomic E-state index is -1.16. The van der Waals surface area contributed by atoms with Crippen LogP contribution in [0.15, 0.2) is 0 Å². The smallest absolute Gasteiger partial charge is 0.326 e. The maximum absolute atomic E-state index is 11.6. The zero-order valence-corrected chi connectivity index (χ0v) is 10.3. The molecule has 0 bridgehead atoms. The molecule has 3 N–H and O–H groups in total. The maximum Gasteiger partial charge on any atom is 0.326 e. The topological polar surface area (TPSA) is 101 Å². The monoisotopic (exact) mass is 244 g/mol. The fourth-order valence-electron chi connectivity index (χ4n) is 1.50. The lowest BCUT2D eigenvalue weighted by Gasteiger charge is -2.26. The lowest BCUT2D eigenvalue weighted by molar-refractivity contribution is -0.158. The van der Waals surface area contributed by atoms with Crippen molar-refractivity contribution in [3.05, 3.63) is 0 Å². The summed E-state index contributed by atoms with van der Waals surface area (Å²) in [5.74, 6) is -2.08. The van der Waals surface area contributed by atoms with Crippen molar-refractivity contribution in [2.24, 2.45) is 5.73 Å². The number of carbonyl (C=O) groups excluding carboxylic acids is 2. The summed E-state index contributed by atoms with van der Waals surface area (Å²) in [6.45, 7) is 3.53. The van der Waals surface area contributed by atoms with Gasteiger partial charge in [-0.1, -0.05) is 13.8 Å². The SMILES string of the molecule is CCC(=O)N(C(=O)CC)[C@@H](CCCN)C(=O)O. The highest BCUT2D eigenvalue weighted by molar-refractivity contribution is 5.99. The standard InChI is InChI=1S/C11H20N2O4/c1-3-9(14)13(10(15)4-2)8(11(16)17)6-5-7-12/h8H,3-7,12H2,1-2H3,(H,16,17)/t8-/m0/s1. The van der Waals surface area contributed by atoms with E-state index >= 15 is 0 Å². The molecular formula is C11H20N2O4.